The summed E-state index contributed by atoms with van der Waals surface area (Å²) in [7, 11) is 0. The summed E-state index contributed by atoms with van der Waals surface area (Å²) in [4.78, 5) is 14.8. The first kappa shape index (κ1) is 16.1. The van der Waals surface area contributed by atoms with E-state index in [1.165, 1.54) is 12.1 Å². The van der Waals surface area contributed by atoms with Crippen LogP contribution in [0.2, 0.25) is 0 Å². The van der Waals surface area contributed by atoms with Gasteiger partial charge < -0.3 is 5.32 Å². The van der Waals surface area contributed by atoms with Crippen LogP contribution in [-0.2, 0) is 6.42 Å². The molecule has 0 unspecified atom stereocenters. The van der Waals surface area contributed by atoms with Crippen molar-refractivity contribution in [3.8, 4) is 11.4 Å². The van der Waals surface area contributed by atoms with Crippen molar-refractivity contribution >= 4 is 27.3 Å². The Balaban J connectivity index is 1.62. The molecule has 0 saturated heterocycles. The molecular formula is C16H14BrN5O2. The lowest BCUT2D eigenvalue weighted by atomic mass is 10.2. The van der Waals surface area contributed by atoms with Crippen LogP contribution in [0.15, 0.2) is 53.0 Å². The predicted octanol–water partition coefficient (Wildman–Crippen LogP) is 3.80. The number of H-pyrrole nitrogens is 1. The van der Waals surface area contributed by atoms with Gasteiger partial charge in [0.2, 0.25) is 0 Å². The summed E-state index contributed by atoms with van der Waals surface area (Å²) >= 11 is 3.40. The lowest BCUT2D eigenvalue weighted by Gasteiger charge is -2.04. The third-order valence-electron chi connectivity index (χ3n) is 3.38. The molecular weight excluding hydrogens is 374 g/mol. The molecule has 2 N–H and O–H groups in total. The van der Waals surface area contributed by atoms with E-state index in [2.05, 4.69) is 36.4 Å². The van der Waals surface area contributed by atoms with E-state index < -0.39 is 4.92 Å². The highest BCUT2D eigenvalue weighted by atomic mass is 79.9. The zero-order chi connectivity index (χ0) is 16.9. The van der Waals surface area contributed by atoms with E-state index in [1.54, 1.807) is 12.1 Å². The van der Waals surface area contributed by atoms with Gasteiger partial charge in [-0.05, 0) is 24.3 Å². The molecule has 0 radical (unpaired) electrons. The Hall–Kier alpha value is -2.74. The van der Waals surface area contributed by atoms with Crippen molar-refractivity contribution in [1.29, 1.82) is 0 Å². The minimum atomic E-state index is -0.431. The van der Waals surface area contributed by atoms with Gasteiger partial charge in [0, 0.05) is 40.8 Å². The van der Waals surface area contributed by atoms with Crippen LogP contribution in [0.1, 0.15) is 5.82 Å². The molecule has 8 heteroatoms. The molecule has 122 valence electrons. The second-order valence-electron chi connectivity index (χ2n) is 5.10. The Morgan fingerprint density at radius 1 is 1.21 bits per heavy atom. The van der Waals surface area contributed by atoms with Gasteiger partial charge in [0.15, 0.2) is 5.82 Å². The average molecular weight is 388 g/mol. The minimum absolute atomic E-state index is 0.0238. The maximum atomic E-state index is 10.8. The molecule has 1 aromatic heterocycles. The topological polar surface area (TPSA) is 96.7 Å². The predicted molar refractivity (Wildman–Crippen MR) is 94.8 cm³/mol. The molecule has 3 rings (SSSR count). The molecule has 0 atom stereocenters. The Kier molecular flexibility index (Phi) is 4.85. The molecule has 1 heterocycles. The summed E-state index contributed by atoms with van der Waals surface area (Å²) in [6.07, 6.45) is 0.665. The van der Waals surface area contributed by atoms with Gasteiger partial charge >= 0.3 is 0 Å². The summed E-state index contributed by atoms with van der Waals surface area (Å²) < 4.78 is 1.03. The quantitative estimate of drug-likeness (QED) is 0.495. The molecule has 7 nitrogen and oxygen atoms in total. The number of benzene rings is 2. The standard InChI is InChI=1S/C16H14BrN5O2/c17-12-4-6-13(7-5-12)18-9-8-15-19-16(21-20-15)11-2-1-3-14(10-11)22(23)24/h1-7,10,18H,8-9H2,(H,19,20,21). The van der Waals surface area contributed by atoms with E-state index in [9.17, 15) is 10.1 Å². The number of nitro groups is 1. The van der Waals surface area contributed by atoms with E-state index in [0.717, 1.165) is 16.0 Å². The van der Waals surface area contributed by atoms with Crippen molar-refractivity contribution in [2.45, 2.75) is 6.42 Å². The van der Waals surface area contributed by atoms with Gasteiger partial charge in [0.1, 0.15) is 5.82 Å². The van der Waals surface area contributed by atoms with Crippen LogP contribution in [0, 0.1) is 10.1 Å². The van der Waals surface area contributed by atoms with Crippen molar-refractivity contribution in [3.63, 3.8) is 0 Å². The number of aromatic amines is 1. The van der Waals surface area contributed by atoms with Crippen molar-refractivity contribution in [2.75, 3.05) is 11.9 Å². The molecule has 2 aromatic carbocycles. The number of nitrogens with zero attached hydrogens (tertiary/aromatic N) is 3. The number of non-ortho nitro benzene ring substituents is 1. The first-order chi connectivity index (χ1) is 11.6. The van der Waals surface area contributed by atoms with E-state index in [4.69, 9.17) is 0 Å². The summed E-state index contributed by atoms with van der Waals surface area (Å²) in [5, 5.41) is 21.1. The smallest absolute Gasteiger partial charge is 0.270 e. The number of aromatic nitrogens is 3. The zero-order valence-corrected chi connectivity index (χ0v) is 14.2. The maximum absolute atomic E-state index is 10.8. The minimum Gasteiger partial charge on any atom is -0.385 e. The number of hydrogen-bond donors (Lipinski definition) is 2. The maximum Gasteiger partial charge on any atom is 0.270 e. The Morgan fingerprint density at radius 3 is 2.75 bits per heavy atom. The Morgan fingerprint density at radius 2 is 2.00 bits per heavy atom. The fourth-order valence-electron chi connectivity index (χ4n) is 2.19. The van der Waals surface area contributed by atoms with Crippen molar-refractivity contribution < 1.29 is 4.92 Å². The number of nitrogens with one attached hydrogen (secondary N) is 2. The second-order valence-corrected chi connectivity index (χ2v) is 6.01. The molecule has 3 aromatic rings. The summed E-state index contributed by atoms with van der Waals surface area (Å²) in [6, 6.07) is 14.2. The third-order valence-corrected chi connectivity index (χ3v) is 3.91. The third kappa shape index (κ3) is 3.96. The lowest BCUT2D eigenvalue weighted by molar-refractivity contribution is -0.384. The van der Waals surface area contributed by atoms with Gasteiger partial charge in [0.25, 0.3) is 5.69 Å². The van der Waals surface area contributed by atoms with E-state index in [1.807, 2.05) is 24.3 Å². The highest BCUT2D eigenvalue weighted by Crippen LogP contribution is 2.20. The molecule has 0 aliphatic rings. The zero-order valence-electron chi connectivity index (χ0n) is 12.6. The molecule has 0 spiro atoms. The van der Waals surface area contributed by atoms with Gasteiger partial charge in [-0.15, -0.1) is 0 Å². The van der Waals surface area contributed by atoms with Gasteiger partial charge in [-0.25, -0.2) is 4.98 Å². The normalized spacial score (nSPS) is 10.5. The Labute approximate surface area is 146 Å². The number of rotatable bonds is 6. The lowest BCUT2D eigenvalue weighted by Crippen LogP contribution is -2.05. The largest absolute Gasteiger partial charge is 0.385 e. The van der Waals surface area contributed by atoms with E-state index in [0.29, 0.717) is 24.4 Å². The van der Waals surface area contributed by atoms with Crippen molar-refractivity contribution in [2.24, 2.45) is 0 Å². The second kappa shape index (κ2) is 7.22. The number of hydrogen-bond acceptors (Lipinski definition) is 5. The molecule has 0 fully saturated rings. The Bertz CT molecular complexity index is 848. The average Bonchev–Trinajstić information content (AvgIpc) is 3.06. The monoisotopic (exact) mass is 387 g/mol. The molecule has 0 amide bonds. The number of nitro benzene ring substituents is 1. The summed E-state index contributed by atoms with van der Waals surface area (Å²) in [6.45, 7) is 0.700. The first-order valence-corrected chi connectivity index (χ1v) is 8.07. The van der Waals surface area contributed by atoms with Gasteiger partial charge in [0.05, 0.1) is 4.92 Å². The van der Waals surface area contributed by atoms with Gasteiger partial charge in [-0.1, -0.05) is 28.1 Å². The van der Waals surface area contributed by atoms with Crippen LogP contribution in [0.3, 0.4) is 0 Å². The van der Waals surface area contributed by atoms with Gasteiger partial charge in [-0.3, -0.25) is 15.2 Å². The van der Waals surface area contributed by atoms with Crippen LogP contribution in [0.25, 0.3) is 11.4 Å². The summed E-state index contributed by atoms with van der Waals surface area (Å²) in [5.41, 5.74) is 1.67. The highest BCUT2D eigenvalue weighted by molar-refractivity contribution is 9.10. The first-order valence-electron chi connectivity index (χ1n) is 7.27. The summed E-state index contributed by atoms with van der Waals surface area (Å²) in [5.74, 6) is 1.18. The highest BCUT2D eigenvalue weighted by Gasteiger charge is 2.10. The van der Waals surface area contributed by atoms with E-state index in [-0.39, 0.29) is 5.69 Å². The van der Waals surface area contributed by atoms with E-state index >= 15 is 0 Å². The molecule has 24 heavy (non-hydrogen) atoms. The van der Waals surface area contributed by atoms with Crippen LogP contribution >= 0.6 is 15.9 Å². The van der Waals surface area contributed by atoms with Crippen molar-refractivity contribution in [3.05, 3.63) is 68.9 Å². The van der Waals surface area contributed by atoms with Crippen LogP contribution in [-0.4, -0.2) is 26.6 Å². The molecule has 0 saturated carbocycles. The molecule has 0 bridgehead atoms. The SMILES string of the molecule is O=[N+]([O-])c1cccc(-c2n[nH]c(CCNc3ccc(Br)cc3)n2)c1. The fourth-order valence-corrected chi connectivity index (χ4v) is 2.45. The van der Waals surface area contributed by atoms with Gasteiger partial charge in [-0.2, -0.15) is 5.10 Å². The molecule has 0 aliphatic heterocycles. The molecule has 0 aliphatic carbocycles. The van der Waals surface area contributed by atoms with Crippen LogP contribution in [0.4, 0.5) is 11.4 Å². The van der Waals surface area contributed by atoms with Crippen LogP contribution in [0.5, 0.6) is 0 Å². The van der Waals surface area contributed by atoms with Crippen molar-refractivity contribution in [1.82, 2.24) is 15.2 Å². The fraction of sp³-hybridized carbons (Fsp3) is 0.125. The van der Waals surface area contributed by atoms with Crippen LogP contribution < -0.4 is 5.32 Å². The number of halogens is 1. The number of anilines is 1.